The van der Waals surface area contributed by atoms with Crippen LogP contribution in [0.2, 0.25) is 0 Å². The van der Waals surface area contributed by atoms with Crippen molar-refractivity contribution in [1.29, 1.82) is 0 Å². The molecule has 0 fully saturated rings. The van der Waals surface area contributed by atoms with Crippen LogP contribution in [-0.2, 0) is 0 Å². The summed E-state index contributed by atoms with van der Waals surface area (Å²) in [5, 5.41) is 16.7. The molecule has 0 aliphatic carbocycles. The number of anilines is 2. The van der Waals surface area contributed by atoms with Crippen molar-refractivity contribution >= 4 is 11.6 Å². The molecule has 0 bridgehead atoms. The number of hydrogen-bond acceptors (Lipinski definition) is 6. The van der Waals surface area contributed by atoms with Gasteiger partial charge in [0.2, 0.25) is 5.95 Å². The third-order valence-corrected chi connectivity index (χ3v) is 4.03. The number of rotatable bonds is 4. The number of nitrogens with one attached hydrogen (secondary N) is 1. The molecule has 7 heteroatoms. The molecule has 128 valence electrons. The maximum absolute atomic E-state index is 9.38. The minimum absolute atomic E-state index is 0.214. The molecule has 7 nitrogen and oxygen atoms in total. The van der Waals surface area contributed by atoms with Gasteiger partial charge in [-0.1, -0.05) is 12.1 Å². The van der Waals surface area contributed by atoms with Crippen LogP contribution in [0.15, 0.2) is 67.4 Å². The van der Waals surface area contributed by atoms with E-state index in [1.807, 2.05) is 31.2 Å². The molecule has 2 N–H and O–H groups in total. The van der Waals surface area contributed by atoms with Gasteiger partial charge in [-0.3, -0.25) is 0 Å². The van der Waals surface area contributed by atoms with Crippen LogP contribution in [-0.4, -0.2) is 29.8 Å². The van der Waals surface area contributed by atoms with Crippen LogP contribution in [0.4, 0.5) is 11.6 Å². The van der Waals surface area contributed by atoms with Crippen LogP contribution in [0.3, 0.4) is 0 Å². The maximum Gasteiger partial charge on any atom is 0.227 e. The number of phenols is 1. The molecule has 4 aromatic rings. The molecule has 0 aliphatic rings. The van der Waals surface area contributed by atoms with Crippen molar-refractivity contribution in [2.24, 2.45) is 0 Å². The van der Waals surface area contributed by atoms with Gasteiger partial charge in [0.1, 0.15) is 18.4 Å². The molecule has 0 saturated carbocycles. The molecule has 0 spiro atoms. The van der Waals surface area contributed by atoms with Crippen LogP contribution in [0, 0.1) is 6.92 Å². The molecule has 26 heavy (non-hydrogen) atoms. The highest BCUT2D eigenvalue weighted by Crippen LogP contribution is 2.27. The Kier molecular flexibility index (Phi) is 4.03. The zero-order valence-corrected chi connectivity index (χ0v) is 14.0. The first-order chi connectivity index (χ1) is 12.7. The van der Waals surface area contributed by atoms with Gasteiger partial charge in [-0.2, -0.15) is 5.10 Å². The summed E-state index contributed by atoms with van der Waals surface area (Å²) in [6, 6.07) is 14.6. The second-order valence-corrected chi connectivity index (χ2v) is 5.73. The van der Waals surface area contributed by atoms with Crippen LogP contribution >= 0.6 is 0 Å². The van der Waals surface area contributed by atoms with Crippen LogP contribution in [0.1, 0.15) is 5.56 Å². The SMILES string of the molecule is Cc1c(-c2ccnc(Nc3ccc(O)cc3)n2)cccc1-n1cncn1. The van der Waals surface area contributed by atoms with E-state index in [2.05, 4.69) is 25.4 Å². The minimum Gasteiger partial charge on any atom is -0.508 e. The van der Waals surface area contributed by atoms with Gasteiger partial charge < -0.3 is 10.4 Å². The van der Waals surface area contributed by atoms with Crippen LogP contribution in [0.25, 0.3) is 16.9 Å². The van der Waals surface area contributed by atoms with E-state index in [0.29, 0.717) is 5.95 Å². The largest absolute Gasteiger partial charge is 0.508 e. The Morgan fingerprint density at radius 3 is 2.65 bits per heavy atom. The van der Waals surface area contributed by atoms with E-state index < -0.39 is 0 Å². The fourth-order valence-corrected chi connectivity index (χ4v) is 2.72. The average Bonchev–Trinajstić information content (AvgIpc) is 3.19. The summed E-state index contributed by atoms with van der Waals surface area (Å²) in [4.78, 5) is 12.9. The second-order valence-electron chi connectivity index (χ2n) is 5.73. The first-order valence-electron chi connectivity index (χ1n) is 8.05. The van der Waals surface area contributed by atoms with Gasteiger partial charge in [0.25, 0.3) is 0 Å². The number of hydrogen-bond donors (Lipinski definition) is 2. The number of nitrogens with zero attached hydrogens (tertiary/aromatic N) is 5. The van der Waals surface area contributed by atoms with E-state index in [4.69, 9.17) is 0 Å². The van der Waals surface area contributed by atoms with E-state index >= 15 is 0 Å². The number of benzene rings is 2. The monoisotopic (exact) mass is 344 g/mol. The fraction of sp³-hybridized carbons (Fsp3) is 0.0526. The van der Waals surface area contributed by atoms with E-state index in [1.54, 1.807) is 41.5 Å². The molecule has 0 unspecified atom stereocenters. The summed E-state index contributed by atoms with van der Waals surface area (Å²) in [5.41, 5.74) is 4.60. The Labute approximate surface area is 150 Å². The van der Waals surface area contributed by atoms with E-state index in [1.165, 1.54) is 6.33 Å². The van der Waals surface area contributed by atoms with Crippen molar-refractivity contribution in [3.8, 4) is 22.7 Å². The molecule has 0 amide bonds. The first kappa shape index (κ1) is 15.8. The molecule has 2 heterocycles. The Morgan fingerprint density at radius 2 is 1.88 bits per heavy atom. The molecule has 4 rings (SSSR count). The number of phenolic OH excluding ortho intramolecular Hbond substituents is 1. The van der Waals surface area contributed by atoms with Crippen molar-refractivity contribution in [1.82, 2.24) is 24.7 Å². The summed E-state index contributed by atoms with van der Waals surface area (Å²) in [6.45, 7) is 2.03. The highest BCUT2D eigenvalue weighted by atomic mass is 16.3. The normalized spacial score (nSPS) is 10.7. The third-order valence-electron chi connectivity index (χ3n) is 4.03. The predicted octanol–water partition coefficient (Wildman–Crippen LogP) is 3.48. The lowest BCUT2D eigenvalue weighted by Gasteiger charge is -2.12. The number of aromatic nitrogens is 5. The van der Waals surface area contributed by atoms with E-state index in [9.17, 15) is 5.11 Å². The van der Waals surface area contributed by atoms with Gasteiger partial charge >= 0.3 is 0 Å². The molecule has 2 aromatic carbocycles. The highest BCUT2D eigenvalue weighted by molar-refractivity contribution is 5.69. The zero-order valence-electron chi connectivity index (χ0n) is 14.0. The smallest absolute Gasteiger partial charge is 0.227 e. The molecule has 0 radical (unpaired) electrons. The molecular formula is C19H16N6O. The van der Waals surface area contributed by atoms with Crippen LogP contribution < -0.4 is 5.32 Å². The van der Waals surface area contributed by atoms with Gasteiger partial charge in [-0.25, -0.2) is 19.6 Å². The van der Waals surface area contributed by atoms with Gasteiger partial charge in [0.05, 0.1) is 11.4 Å². The van der Waals surface area contributed by atoms with Crippen molar-refractivity contribution in [2.45, 2.75) is 6.92 Å². The third kappa shape index (κ3) is 3.10. The molecule has 0 saturated heterocycles. The Hall–Kier alpha value is -3.74. The topological polar surface area (TPSA) is 88.8 Å². The van der Waals surface area contributed by atoms with E-state index in [-0.39, 0.29) is 5.75 Å². The van der Waals surface area contributed by atoms with Crippen molar-refractivity contribution in [2.75, 3.05) is 5.32 Å². The van der Waals surface area contributed by atoms with Crippen molar-refractivity contribution in [3.63, 3.8) is 0 Å². The first-order valence-corrected chi connectivity index (χ1v) is 8.05. The Morgan fingerprint density at radius 1 is 1.04 bits per heavy atom. The summed E-state index contributed by atoms with van der Waals surface area (Å²) in [6.07, 6.45) is 4.90. The molecule has 0 aliphatic heterocycles. The summed E-state index contributed by atoms with van der Waals surface area (Å²) in [5.74, 6) is 0.699. The molecular weight excluding hydrogens is 328 g/mol. The summed E-state index contributed by atoms with van der Waals surface area (Å²) >= 11 is 0. The maximum atomic E-state index is 9.38. The minimum atomic E-state index is 0.214. The average molecular weight is 344 g/mol. The van der Waals surface area contributed by atoms with Crippen molar-refractivity contribution in [3.05, 3.63) is 72.9 Å². The Bertz CT molecular complexity index is 1030. The molecule has 2 aromatic heterocycles. The van der Waals surface area contributed by atoms with Gasteiger partial charge in [-0.15, -0.1) is 0 Å². The lowest BCUT2D eigenvalue weighted by atomic mass is 10.0. The highest BCUT2D eigenvalue weighted by Gasteiger charge is 2.10. The fourth-order valence-electron chi connectivity index (χ4n) is 2.72. The summed E-state index contributed by atoms with van der Waals surface area (Å²) in [7, 11) is 0. The quantitative estimate of drug-likeness (QED) is 0.551. The number of aromatic hydroxyl groups is 1. The van der Waals surface area contributed by atoms with Gasteiger partial charge in [-0.05, 0) is 48.9 Å². The Balaban J connectivity index is 1.69. The lowest BCUT2D eigenvalue weighted by Crippen LogP contribution is -2.01. The zero-order chi connectivity index (χ0) is 17.9. The molecule has 0 atom stereocenters. The lowest BCUT2D eigenvalue weighted by molar-refractivity contribution is 0.475. The summed E-state index contributed by atoms with van der Waals surface area (Å²) < 4.78 is 1.73. The second kappa shape index (κ2) is 6.64. The standard InChI is InChI=1S/C19H16N6O/c1-13-16(3-2-4-18(13)25-12-20-11-22-25)17-9-10-21-19(24-17)23-14-5-7-15(26)8-6-14/h2-12,26H,1H3,(H,21,23,24). The van der Waals surface area contributed by atoms with Gasteiger partial charge in [0.15, 0.2) is 0 Å². The van der Waals surface area contributed by atoms with E-state index in [0.717, 1.165) is 28.2 Å². The van der Waals surface area contributed by atoms with Gasteiger partial charge in [0, 0.05) is 17.4 Å². The van der Waals surface area contributed by atoms with Crippen LogP contribution in [0.5, 0.6) is 5.75 Å². The van der Waals surface area contributed by atoms with Crippen molar-refractivity contribution < 1.29 is 5.11 Å². The predicted molar refractivity (Wildman–Crippen MR) is 98.5 cm³/mol.